The molecule has 3 rings (SSSR count). The third-order valence-electron chi connectivity index (χ3n) is 3.43. The number of nitrogens with two attached hydrogens (primary N) is 2. The molecule has 1 unspecified atom stereocenters. The molecule has 1 aliphatic heterocycles. The van der Waals surface area contributed by atoms with Crippen LogP contribution in [0.3, 0.4) is 0 Å². The lowest BCUT2D eigenvalue weighted by molar-refractivity contribution is 0.249. The highest BCUT2D eigenvalue weighted by Gasteiger charge is 2.30. The summed E-state index contributed by atoms with van der Waals surface area (Å²) in [7, 11) is 0. The fraction of sp³-hybridized carbons (Fsp3) is 0.231. The number of fused-ring (bicyclic) bond motifs is 1. The van der Waals surface area contributed by atoms with Crippen LogP contribution in [0.25, 0.3) is 11.3 Å². The van der Waals surface area contributed by atoms with Crippen molar-refractivity contribution in [3.63, 3.8) is 0 Å². The third-order valence-corrected chi connectivity index (χ3v) is 3.43. The number of primary amides is 1. The van der Waals surface area contributed by atoms with Gasteiger partial charge in [0.05, 0.1) is 11.7 Å². The lowest BCUT2D eigenvalue weighted by Crippen LogP contribution is -2.52. The zero-order valence-electron chi connectivity index (χ0n) is 11.0. The minimum Gasteiger partial charge on any atom is -0.351 e. The zero-order valence-corrected chi connectivity index (χ0v) is 11.0. The van der Waals surface area contributed by atoms with Gasteiger partial charge in [-0.2, -0.15) is 5.10 Å². The number of benzene rings is 1. The fourth-order valence-corrected chi connectivity index (χ4v) is 2.46. The molecule has 0 saturated heterocycles. The van der Waals surface area contributed by atoms with Crippen LogP contribution in [-0.4, -0.2) is 22.0 Å². The molecular formula is C13H13F2N5O. The Morgan fingerprint density at radius 3 is 2.62 bits per heavy atom. The van der Waals surface area contributed by atoms with Gasteiger partial charge >= 0.3 is 6.03 Å². The summed E-state index contributed by atoms with van der Waals surface area (Å²) in [5.74, 6) is -1.11. The van der Waals surface area contributed by atoms with Crippen molar-refractivity contribution in [2.75, 3.05) is 4.90 Å². The van der Waals surface area contributed by atoms with E-state index in [9.17, 15) is 13.6 Å². The lowest BCUT2D eigenvalue weighted by Gasteiger charge is -2.31. The molecule has 0 radical (unpaired) electrons. The van der Waals surface area contributed by atoms with Crippen molar-refractivity contribution in [1.82, 2.24) is 9.78 Å². The quantitative estimate of drug-likeness (QED) is 0.832. The summed E-state index contributed by atoms with van der Waals surface area (Å²) in [4.78, 5) is 12.7. The van der Waals surface area contributed by atoms with E-state index in [-0.39, 0.29) is 11.3 Å². The van der Waals surface area contributed by atoms with Gasteiger partial charge in [-0.15, -0.1) is 0 Å². The first-order valence-electron chi connectivity index (χ1n) is 6.35. The summed E-state index contributed by atoms with van der Waals surface area (Å²) in [5, 5.41) is 4.14. The van der Waals surface area contributed by atoms with Crippen molar-refractivity contribution in [2.45, 2.75) is 19.1 Å². The van der Waals surface area contributed by atoms with Gasteiger partial charge in [-0.25, -0.2) is 18.3 Å². The molecule has 0 saturated carbocycles. The third kappa shape index (κ3) is 2.13. The number of hydrogen-bond acceptors (Lipinski definition) is 3. The Morgan fingerprint density at radius 1 is 1.33 bits per heavy atom. The summed E-state index contributed by atoms with van der Waals surface area (Å²) in [5.41, 5.74) is 11.0. The van der Waals surface area contributed by atoms with Crippen molar-refractivity contribution in [3.05, 3.63) is 35.9 Å². The van der Waals surface area contributed by atoms with E-state index < -0.39 is 23.8 Å². The Bertz CT molecular complexity index is 694. The summed E-state index contributed by atoms with van der Waals surface area (Å²) in [6.45, 7) is 0.441. The number of hydrogen-bond donors (Lipinski definition) is 2. The van der Waals surface area contributed by atoms with Crippen LogP contribution >= 0.6 is 0 Å². The molecule has 2 heterocycles. The molecule has 0 spiro atoms. The number of aryl methyl sites for hydroxylation is 1. The number of carbonyl (C=O) groups excluding carboxylic acids is 1. The molecule has 0 fully saturated rings. The number of nitrogens with zero attached hydrogens (tertiary/aromatic N) is 3. The van der Waals surface area contributed by atoms with Crippen LogP contribution in [0.1, 0.15) is 6.42 Å². The maximum atomic E-state index is 13.8. The molecular weight excluding hydrogens is 280 g/mol. The molecule has 8 heteroatoms. The van der Waals surface area contributed by atoms with Crippen LogP contribution in [0, 0.1) is 11.6 Å². The van der Waals surface area contributed by atoms with Gasteiger partial charge in [-0.05, 0) is 12.1 Å². The Hall–Kier alpha value is -2.48. The largest absolute Gasteiger partial charge is 0.351 e. The van der Waals surface area contributed by atoms with E-state index in [4.69, 9.17) is 11.5 Å². The van der Waals surface area contributed by atoms with E-state index in [1.807, 2.05) is 0 Å². The van der Waals surface area contributed by atoms with Gasteiger partial charge in [-0.1, -0.05) is 6.07 Å². The predicted molar refractivity (Wildman–Crippen MR) is 72.2 cm³/mol. The lowest BCUT2D eigenvalue weighted by atomic mass is 10.1. The second-order valence-electron chi connectivity index (χ2n) is 4.77. The second-order valence-corrected chi connectivity index (χ2v) is 4.77. The standard InChI is InChI=1S/C13H13F2N5O/c14-7-2-1-3-8(15)12(7)9-6-11-19(18-9)5-4-10(16)20(11)13(17)21/h1-3,6,10H,4-5,16H2,(H2,17,21). The molecule has 4 N–H and O–H groups in total. The number of aromatic nitrogens is 2. The van der Waals surface area contributed by atoms with E-state index in [2.05, 4.69) is 5.10 Å². The van der Waals surface area contributed by atoms with Gasteiger partial charge in [0.15, 0.2) is 0 Å². The fourth-order valence-electron chi connectivity index (χ4n) is 2.46. The first kappa shape index (κ1) is 13.5. The summed E-state index contributed by atoms with van der Waals surface area (Å²) < 4.78 is 29.1. The van der Waals surface area contributed by atoms with Gasteiger partial charge in [0.2, 0.25) is 0 Å². The first-order valence-corrected chi connectivity index (χ1v) is 6.35. The average Bonchev–Trinajstić information content (AvgIpc) is 2.81. The Labute approximate surface area is 118 Å². The van der Waals surface area contributed by atoms with E-state index in [1.54, 1.807) is 0 Å². The molecule has 0 bridgehead atoms. The minimum absolute atomic E-state index is 0.0981. The van der Waals surface area contributed by atoms with Gasteiger partial charge in [-0.3, -0.25) is 4.90 Å². The Morgan fingerprint density at radius 2 is 2.00 bits per heavy atom. The van der Waals surface area contributed by atoms with Gasteiger partial charge in [0, 0.05) is 19.0 Å². The van der Waals surface area contributed by atoms with Crippen molar-refractivity contribution < 1.29 is 13.6 Å². The Balaban J connectivity index is 2.13. The van der Waals surface area contributed by atoms with Gasteiger partial charge in [0.25, 0.3) is 0 Å². The summed E-state index contributed by atoms with van der Waals surface area (Å²) in [6.07, 6.45) is -0.124. The highest BCUT2D eigenvalue weighted by Crippen LogP contribution is 2.31. The minimum atomic E-state index is -0.732. The van der Waals surface area contributed by atoms with Crippen LogP contribution in [0.15, 0.2) is 24.3 Å². The second kappa shape index (κ2) is 4.81. The number of amides is 2. The first-order chi connectivity index (χ1) is 9.99. The smallest absolute Gasteiger partial charge is 0.321 e. The number of urea groups is 1. The highest BCUT2D eigenvalue weighted by molar-refractivity contribution is 5.91. The van der Waals surface area contributed by atoms with Crippen LogP contribution in [0.5, 0.6) is 0 Å². The molecule has 6 nitrogen and oxygen atoms in total. The molecule has 21 heavy (non-hydrogen) atoms. The number of anilines is 1. The summed E-state index contributed by atoms with van der Waals surface area (Å²) >= 11 is 0. The van der Waals surface area contributed by atoms with Gasteiger partial charge in [0.1, 0.15) is 23.1 Å². The van der Waals surface area contributed by atoms with E-state index in [0.29, 0.717) is 18.8 Å². The molecule has 2 amide bonds. The monoisotopic (exact) mass is 293 g/mol. The molecule has 2 aromatic rings. The maximum absolute atomic E-state index is 13.8. The van der Waals surface area contributed by atoms with Crippen LogP contribution < -0.4 is 16.4 Å². The Kier molecular flexibility index (Phi) is 3.09. The maximum Gasteiger partial charge on any atom is 0.321 e. The molecule has 1 aliphatic rings. The molecule has 1 aromatic heterocycles. The van der Waals surface area contributed by atoms with Crippen LogP contribution in [0.2, 0.25) is 0 Å². The van der Waals surface area contributed by atoms with Crippen LogP contribution in [0.4, 0.5) is 19.4 Å². The topological polar surface area (TPSA) is 90.2 Å². The van der Waals surface area contributed by atoms with Gasteiger partial charge < -0.3 is 11.5 Å². The van der Waals surface area contributed by atoms with Crippen molar-refractivity contribution >= 4 is 11.8 Å². The van der Waals surface area contributed by atoms with E-state index in [1.165, 1.54) is 21.7 Å². The zero-order chi connectivity index (χ0) is 15.1. The highest BCUT2D eigenvalue weighted by atomic mass is 19.1. The number of carbonyl (C=O) groups is 1. The van der Waals surface area contributed by atoms with Crippen molar-refractivity contribution in [1.29, 1.82) is 0 Å². The SMILES string of the molecule is NC(=O)N1c2cc(-c3c(F)cccc3F)nn2CCC1N. The van der Waals surface area contributed by atoms with Crippen molar-refractivity contribution in [3.8, 4) is 11.3 Å². The number of halogens is 2. The number of rotatable bonds is 1. The van der Waals surface area contributed by atoms with Crippen LogP contribution in [-0.2, 0) is 6.54 Å². The molecule has 110 valence electrons. The van der Waals surface area contributed by atoms with Crippen molar-refractivity contribution in [2.24, 2.45) is 11.5 Å². The predicted octanol–water partition coefficient (Wildman–Crippen LogP) is 1.40. The summed E-state index contributed by atoms with van der Waals surface area (Å²) in [6, 6.07) is 4.24. The van der Waals surface area contributed by atoms with E-state index in [0.717, 1.165) is 12.1 Å². The molecule has 0 aliphatic carbocycles. The molecule has 1 atom stereocenters. The normalized spacial score (nSPS) is 17.7. The molecule has 1 aromatic carbocycles. The van der Waals surface area contributed by atoms with E-state index >= 15 is 0 Å². The average molecular weight is 293 g/mol.